The second-order valence-electron chi connectivity index (χ2n) is 7.13. The third kappa shape index (κ3) is 5.93. The van der Waals surface area contributed by atoms with E-state index in [0.717, 1.165) is 42.9 Å². The monoisotopic (exact) mass is 387 g/mol. The van der Waals surface area contributed by atoms with Crippen molar-refractivity contribution in [2.75, 3.05) is 30.3 Å². The summed E-state index contributed by atoms with van der Waals surface area (Å²) in [6.07, 6.45) is 2.31. The third-order valence-corrected chi connectivity index (χ3v) is 4.67. The van der Waals surface area contributed by atoms with Crippen LogP contribution in [0.1, 0.15) is 32.3 Å². The minimum Gasteiger partial charge on any atom is -0.385 e. The van der Waals surface area contributed by atoms with E-state index in [1.807, 2.05) is 25.1 Å². The van der Waals surface area contributed by atoms with Crippen molar-refractivity contribution in [1.29, 1.82) is 0 Å². The summed E-state index contributed by atoms with van der Waals surface area (Å²) in [5.41, 5.74) is 4.07. The number of amides is 3. The molecule has 0 aliphatic carbocycles. The molecule has 9 nitrogen and oxygen atoms in total. The van der Waals surface area contributed by atoms with Crippen molar-refractivity contribution in [3.63, 3.8) is 0 Å². The smallest absolute Gasteiger partial charge is 0.321 e. The zero-order valence-corrected chi connectivity index (χ0v) is 16.4. The Kier molecular flexibility index (Phi) is 6.83. The van der Waals surface area contributed by atoms with E-state index < -0.39 is 6.29 Å². The first-order valence-corrected chi connectivity index (χ1v) is 9.71. The summed E-state index contributed by atoms with van der Waals surface area (Å²) in [7, 11) is 0. The number of nitrogens with zero attached hydrogens (tertiary/aromatic N) is 1. The van der Waals surface area contributed by atoms with Crippen LogP contribution in [0.15, 0.2) is 23.2 Å². The van der Waals surface area contributed by atoms with Crippen molar-refractivity contribution in [2.45, 2.75) is 45.6 Å². The number of hydrogen-bond acceptors (Lipinski definition) is 6. The molecule has 2 aliphatic rings. The number of rotatable bonds is 6. The van der Waals surface area contributed by atoms with Crippen LogP contribution in [0.4, 0.5) is 16.2 Å². The Labute approximate surface area is 165 Å². The zero-order valence-electron chi connectivity index (χ0n) is 16.4. The number of carbonyl (C=O) groups excluding carboxylic acids is 2. The number of carbonyl (C=O) groups is 2. The molecule has 0 spiro atoms. The van der Waals surface area contributed by atoms with Gasteiger partial charge < -0.3 is 21.3 Å². The molecular weight excluding hydrogens is 358 g/mol. The van der Waals surface area contributed by atoms with Gasteiger partial charge in [0.2, 0.25) is 5.91 Å². The van der Waals surface area contributed by atoms with E-state index in [4.69, 9.17) is 0 Å². The van der Waals surface area contributed by atoms with Crippen LogP contribution in [0.25, 0.3) is 0 Å². The maximum Gasteiger partial charge on any atom is 0.321 e. The molecule has 9 heteroatoms. The minimum atomic E-state index is -0.508. The van der Waals surface area contributed by atoms with E-state index in [9.17, 15) is 9.59 Å². The lowest BCUT2D eigenvalue weighted by molar-refractivity contribution is -0.118. The highest BCUT2D eigenvalue weighted by atomic mass is 16.2. The molecule has 152 valence electrons. The van der Waals surface area contributed by atoms with Crippen LogP contribution in [0, 0.1) is 0 Å². The molecule has 2 unspecified atom stereocenters. The highest BCUT2D eigenvalue weighted by Gasteiger charge is 2.22. The SMILES string of the molecule is CC(=O)NCCNC1CC(C)=NC(NC(=O)Nc2ccc3c(c2)CCCN3)N1. The first-order chi connectivity index (χ1) is 13.5. The van der Waals surface area contributed by atoms with Crippen LogP contribution in [-0.2, 0) is 11.2 Å². The molecule has 28 heavy (non-hydrogen) atoms. The topological polar surface area (TPSA) is 119 Å². The van der Waals surface area contributed by atoms with E-state index in [0.29, 0.717) is 13.1 Å². The van der Waals surface area contributed by atoms with Gasteiger partial charge in [0.25, 0.3) is 0 Å². The summed E-state index contributed by atoms with van der Waals surface area (Å²) < 4.78 is 0. The Balaban J connectivity index is 1.49. The van der Waals surface area contributed by atoms with E-state index in [2.05, 4.69) is 36.9 Å². The normalized spacial score (nSPS) is 21.0. The lowest BCUT2D eigenvalue weighted by Gasteiger charge is -2.30. The van der Waals surface area contributed by atoms with Gasteiger partial charge in [-0.3, -0.25) is 20.4 Å². The molecule has 0 radical (unpaired) electrons. The van der Waals surface area contributed by atoms with Gasteiger partial charge in [0.1, 0.15) is 0 Å². The fraction of sp³-hybridized carbons (Fsp3) is 0.526. The summed E-state index contributed by atoms with van der Waals surface area (Å²) in [4.78, 5) is 27.8. The number of hydrogen-bond donors (Lipinski definition) is 6. The van der Waals surface area contributed by atoms with Gasteiger partial charge in [0, 0.05) is 50.1 Å². The van der Waals surface area contributed by atoms with Gasteiger partial charge in [-0.05, 0) is 43.5 Å². The molecular formula is C19H29N7O2. The van der Waals surface area contributed by atoms with Crippen LogP contribution in [0.5, 0.6) is 0 Å². The molecule has 0 saturated heterocycles. The standard InChI is InChI=1S/C19H29N7O2/c1-12-10-17(22-9-8-20-13(2)27)25-18(23-12)26-19(28)24-15-5-6-16-14(11-15)4-3-7-21-16/h5-6,11,17-18,21-22,25H,3-4,7-10H2,1-2H3,(H,20,27)(H2,24,26,28). The molecule has 2 atom stereocenters. The second-order valence-corrected chi connectivity index (χ2v) is 7.13. The summed E-state index contributed by atoms with van der Waals surface area (Å²) in [5, 5.41) is 18.4. The van der Waals surface area contributed by atoms with Gasteiger partial charge in [-0.1, -0.05) is 0 Å². The molecule has 0 bridgehead atoms. The summed E-state index contributed by atoms with van der Waals surface area (Å²) >= 11 is 0. The first kappa shape index (κ1) is 20.1. The van der Waals surface area contributed by atoms with Gasteiger partial charge in [-0.15, -0.1) is 0 Å². The van der Waals surface area contributed by atoms with Gasteiger partial charge in [0.05, 0.1) is 6.17 Å². The maximum absolute atomic E-state index is 12.4. The maximum atomic E-state index is 12.4. The summed E-state index contributed by atoms with van der Waals surface area (Å²) in [6, 6.07) is 5.60. The highest BCUT2D eigenvalue weighted by molar-refractivity contribution is 5.90. The quantitative estimate of drug-likeness (QED) is 0.406. The Morgan fingerprint density at radius 1 is 1.29 bits per heavy atom. The van der Waals surface area contributed by atoms with Crippen molar-refractivity contribution in [3.8, 4) is 0 Å². The molecule has 0 saturated carbocycles. The first-order valence-electron chi connectivity index (χ1n) is 9.71. The predicted molar refractivity (Wildman–Crippen MR) is 111 cm³/mol. The van der Waals surface area contributed by atoms with E-state index in [-0.39, 0.29) is 18.1 Å². The van der Waals surface area contributed by atoms with Crippen molar-refractivity contribution in [2.24, 2.45) is 4.99 Å². The summed E-state index contributed by atoms with van der Waals surface area (Å²) in [6.45, 7) is 5.60. The van der Waals surface area contributed by atoms with Crippen molar-refractivity contribution in [1.82, 2.24) is 21.3 Å². The molecule has 0 aromatic heterocycles. The van der Waals surface area contributed by atoms with Gasteiger partial charge >= 0.3 is 6.03 Å². The molecule has 1 aromatic rings. The van der Waals surface area contributed by atoms with Crippen LogP contribution in [0.3, 0.4) is 0 Å². The number of fused-ring (bicyclic) bond motifs is 1. The van der Waals surface area contributed by atoms with Gasteiger partial charge in [-0.25, -0.2) is 4.79 Å². The van der Waals surface area contributed by atoms with Crippen molar-refractivity contribution >= 4 is 29.0 Å². The van der Waals surface area contributed by atoms with Gasteiger partial charge in [-0.2, -0.15) is 0 Å². The Morgan fingerprint density at radius 2 is 2.14 bits per heavy atom. The molecule has 0 fully saturated rings. The molecule has 6 N–H and O–H groups in total. The zero-order chi connectivity index (χ0) is 19.9. The molecule has 2 heterocycles. The van der Waals surface area contributed by atoms with Crippen LogP contribution in [0.2, 0.25) is 0 Å². The number of nitrogens with one attached hydrogen (secondary N) is 6. The van der Waals surface area contributed by atoms with E-state index >= 15 is 0 Å². The molecule has 1 aromatic carbocycles. The molecule has 2 aliphatic heterocycles. The number of anilines is 2. The largest absolute Gasteiger partial charge is 0.385 e. The van der Waals surface area contributed by atoms with Crippen LogP contribution in [-0.4, -0.2) is 49.7 Å². The minimum absolute atomic E-state index is 0.0219. The van der Waals surface area contributed by atoms with Crippen LogP contribution >= 0.6 is 0 Å². The lowest BCUT2D eigenvalue weighted by Crippen LogP contribution is -2.58. The fourth-order valence-corrected chi connectivity index (χ4v) is 3.39. The Bertz CT molecular complexity index is 750. The van der Waals surface area contributed by atoms with Gasteiger partial charge in [0.15, 0.2) is 6.29 Å². The average molecular weight is 387 g/mol. The highest BCUT2D eigenvalue weighted by Crippen LogP contribution is 2.25. The Hall–Kier alpha value is -2.65. The van der Waals surface area contributed by atoms with E-state index in [1.54, 1.807) is 0 Å². The predicted octanol–water partition coefficient (Wildman–Crippen LogP) is 0.956. The average Bonchev–Trinajstić information content (AvgIpc) is 2.64. The second kappa shape index (κ2) is 9.52. The third-order valence-electron chi connectivity index (χ3n) is 4.67. The molecule has 3 amide bonds. The lowest BCUT2D eigenvalue weighted by atomic mass is 10.0. The summed E-state index contributed by atoms with van der Waals surface area (Å²) in [5.74, 6) is -0.0506. The van der Waals surface area contributed by atoms with Crippen molar-refractivity contribution in [3.05, 3.63) is 23.8 Å². The fourth-order valence-electron chi connectivity index (χ4n) is 3.39. The Morgan fingerprint density at radius 3 is 2.96 bits per heavy atom. The number of aliphatic imine (C=N–C) groups is 1. The van der Waals surface area contributed by atoms with E-state index in [1.165, 1.54) is 12.5 Å². The number of urea groups is 1. The number of aryl methyl sites for hydroxylation is 1. The number of benzene rings is 1. The van der Waals surface area contributed by atoms with Crippen molar-refractivity contribution < 1.29 is 9.59 Å². The van der Waals surface area contributed by atoms with Crippen LogP contribution < -0.4 is 31.9 Å². The molecule has 3 rings (SSSR count).